The van der Waals surface area contributed by atoms with E-state index in [1.807, 2.05) is 0 Å². The third-order valence-electron chi connectivity index (χ3n) is 3.23. The Bertz CT molecular complexity index is 142. The first kappa shape index (κ1) is 7.56. The van der Waals surface area contributed by atoms with Crippen LogP contribution >= 0.6 is 0 Å². The minimum absolute atomic E-state index is 0.00605. The third kappa shape index (κ3) is 1.30. The number of hydrogen-bond donors (Lipinski definition) is 1. The molecule has 11 heavy (non-hydrogen) atoms. The average molecular weight is 155 g/mol. The molecule has 2 fully saturated rings. The van der Waals surface area contributed by atoms with Crippen LogP contribution in [0.25, 0.3) is 0 Å². The van der Waals surface area contributed by atoms with Gasteiger partial charge in [0.2, 0.25) is 0 Å². The first-order valence-corrected chi connectivity index (χ1v) is 4.57. The molecule has 2 rings (SSSR count). The molecule has 0 aromatic heterocycles. The molecule has 0 bridgehead atoms. The van der Waals surface area contributed by atoms with Crippen molar-refractivity contribution in [1.29, 1.82) is 0 Å². The van der Waals surface area contributed by atoms with Crippen molar-refractivity contribution in [2.45, 2.75) is 31.8 Å². The molecule has 0 aromatic carbocycles. The summed E-state index contributed by atoms with van der Waals surface area (Å²) in [6.45, 7) is 2.53. The summed E-state index contributed by atoms with van der Waals surface area (Å²) in [7, 11) is 2.18. The van der Waals surface area contributed by atoms with Crippen molar-refractivity contribution in [3.8, 4) is 0 Å². The second kappa shape index (κ2) is 2.46. The van der Waals surface area contributed by atoms with Gasteiger partial charge >= 0.3 is 0 Å². The van der Waals surface area contributed by atoms with Crippen LogP contribution in [0, 0.1) is 5.41 Å². The lowest BCUT2D eigenvalue weighted by Crippen LogP contribution is -2.55. The molecule has 1 heterocycles. The maximum Gasteiger partial charge on any atom is 0.0540 e. The Morgan fingerprint density at radius 2 is 1.82 bits per heavy atom. The summed E-state index contributed by atoms with van der Waals surface area (Å²) >= 11 is 0. The fourth-order valence-electron chi connectivity index (χ4n) is 2.63. The number of nitrogens with zero attached hydrogens (tertiary/aromatic N) is 1. The molecule has 1 N–H and O–H groups in total. The molecule has 0 unspecified atom stereocenters. The van der Waals surface area contributed by atoms with E-state index in [4.69, 9.17) is 0 Å². The van der Waals surface area contributed by atoms with Crippen molar-refractivity contribution in [3.05, 3.63) is 0 Å². The maximum atomic E-state index is 9.31. The van der Waals surface area contributed by atoms with Crippen LogP contribution < -0.4 is 0 Å². The van der Waals surface area contributed by atoms with Gasteiger partial charge in [0.1, 0.15) is 0 Å². The Balaban J connectivity index is 1.88. The zero-order valence-corrected chi connectivity index (χ0v) is 7.21. The normalized spacial score (nSPS) is 32.2. The van der Waals surface area contributed by atoms with Crippen LogP contribution in [-0.2, 0) is 0 Å². The molecule has 0 amide bonds. The summed E-state index contributed by atoms with van der Waals surface area (Å²) in [5.41, 5.74) is 0.619. The van der Waals surface area contributed by atoms with Crippen LogP contribution in [0.5, 0.6) is 0 Å². The van der Waals surface area contributed by atoms with Gasteiger partial charge in [0, 0.05) is 13.1 Å². The molecule has 2 nitrogen and oxygen atoms in total. The van der Waals surface area contributed by atoms with Gasteiger partial charge in [-0.1, -0.05) is 0 Å². The quantitative estimate of drug-likeness (QED) is 0.560. The van der Waals surface area contributed by atoms with E-state index in [1.54, 1.807) is 0 Å². The van der Waals surface area contributed by atoms with Crippen molar-refractivity contribution >= 4 is 0 Å². The van der Waals surface area contributed by atoms with E-state index in [1.165, 1.54) is 25.9 Å². The highest BCUT2D eigenvalue weighted by molar-refractivity contribution is 4.96. The summed E-state index contributed by atoms with van der Waals surface area (Å²) in [6, 6.07) is 0. The summed E-state index contributed by atoms with van der Waals surface area (Å²) < 4.78 is 0. The molecule has 1 saturated carbocycles. The van der Waals surface area contributed by atoms with E-state index in [2.05, 4.69) is 11.9 Å². The molecule has 0 radical (unpaired) electrons. The van der Waals surface area contributed by atoms with Gasteiger partial charge < -0.3 is 10.0 Å². The SMILES string of the molecule is CN1CC2(CCC(O)CC2)C1. The molecule has 1 saturated heterocycles. The Kier molecular flexibility index (Phi) is 1.69. The zero-order chi connectivity index (χ0) is 7.90. The fraction of sp³-hybridized carbons (Fsp3) is 1.00. The first-order chi connectivity index (χ1) is 5.20. The van der Waals surface area contributed by atoms with E-state index in [9.17, 15) is 5.11 Å². The Labute approximate surface area is 68.2 Å². The van der Waals surface area contributed by atoms with Crippen LogP contribution in [0.15, 0.2) is 0 Å². The van der Waals surface area contributed by atoms with Crippen molar-refractivity contribution < 1.29 is 5.11 Å². The van der Waals surface area contributed by atoms with Gasteiger partial charge in [-0.2, -0.15) is 0 Å². The predicted molar refractivity (Wildman–Crippen MR) is 44.4 cm³/mol. The highest BCUT2D eigenvalue weighted by atomic mass is 16.3. The van der Waals surface area contributed by atoms with E-state index in [0.717, 1.165) is 12.8 Å². The topological polar surface area (TPSA) is 23.5 Å². The van der Waals surface area contributed by atoms with Crippen molar-refractivity contribution in [2.75, 3.05) is 20.1 Å². The van der Waals surface area contributed by atoms with Crippen molar-refractivity contribution in [3.63, 3.8) is 0 Å². The molecule has 0 atom stereocenters. The van der Waals surface area contributed by atoms with Gasteiger partial charge in [0.05, 0.1) is 6.10 Å². The molecular weight excluding hydrogens is 138 g/mol. The highest BCUT2D eigenvalue weighted by Gasteiger charge is 2.42. The van der Waals surface area contributed by atoms with E-state index in [0.29, 0.717) is 5.41 Å². The number of aliphatic hydroxyl groups is 1. The molecule has 2 heteroatoms. The van der Waals surface area contributed by atoms with E-state index < -0.39 is 0 Å². The van der Waals surface area contributed by atoms with Gasteiger partial charge in [-0.3, -0.25) is 0 Å². The molecule has 1 aliphatic heterocycles. The Morgan fingerprint density at radius 1 is 1.27 bits per heavy atom. The number of rotatable bonds is 0. The molecule has 2 aliphatic rings. The zero-order valence-electron chi connectivity index (χ0n) is 7.21. The van der Waals surface area contributed by atoms with Crippen LogP contribution in [0.1, 0.15) is 25.7 Å². The van der Waals surface area contributed by atoms with Crippen LogP contribution in [0.4, 0.5) is 0 Å². The van der Waals surface area contributed by atoms with Gasteiger partial charge in [0.25, 0.3) is 0 Å². The lowest BCUT2D eigenvalue weighted by atomic mass is 9.68. The van der Waals surface area contributed by atoms with Crippen LogP contribution in [0.2, 0.25) is 0 Å². The molecule has 64 valence electrons. The minimum atomic E-state index is 0.00605. The second-order valence-electron chi connectivity index (χ2n) is 4.40. The van der Waals surface area contributed by atoms with Gasteiger partial charge in [-0.25, -0.2) is 0 Å². The van der Waals surface area contributed by atoms with Crippen molar-refractivity contribution in [1.82, 2.24) is 4.90 Å². The number of aliphatic hydroxyl groups excluding tert-OH is 1. The monoisotopic (exact) mass is 155 g/mol. The standard InChI is InChI=1S/C9H17NO/c1-10-6-9(7-10)4-2-8(11)3-5-9/h8,11H,2-7H2,1H3. The van der Waals surface area contributed by atoms with E-state index in [-0.39, 0.29) is 6.10 Å². The van der Waals surface area contributed by atoms with E-state index >= 15 is 0 Å². The smallest absolute Gasteiger partial charge is 0.0540 e. The van der Waals surface area contributed by atoms with Crippen LogP contribution in [0.3, 0.4) is 0 Å². The molecule has 1 aliphatic carbocycles. The van der Waals surface area contributed by atoms with Gasteiger partial charge in [0.15, 0.2) is 0 Å². The molecular formula is C9H17NO. The minimum Gasteiger partial charge on any atom is -0.393 e. The highest BCUT2D eigenvalue weighted by Crippen LogP contribution is 2.42. The summed E-state index contributed by atoms with van der Waals surface area (Å²) in [5, 5.41) is 9.31. The lowest BCUT2D eigenvalue weighted by Gasteiger charge is -2.51. The first-order valence-electron chi connectivity index (χ1n) is 4.57. The van der Waals surface area contributed by atoms with Gasteiger partial charge in [-0.15, -0.1) is 0 Å². The van der Waals surface area contributed by atoms with Crippen molar-refractivity contribution in [2.24, 2.45) is 5.41 Å². The molecule has 1 spiro atoms. The maximum absolute atomic E-state index is 9.31. The largest absolute Gasteiger partial charge is 0.393 e. The lowest BCUT2D eigenvalue weighted by molar-refractivity contribution is -0.0401. The number of likely N-dealkylation sites (tertiary alicyclic amines) is 1. The fourth-order valence-corrected chi connectivity index (χ4v) is 2.63. The summed E-state index contributed by atoms with van der Waals surface area (Å²) in [5.74, 6) is 0. The summed E-state index contributed by atoms with van der Waals surface area (Å²) in [6.07, 6.45) is 4.57. The molecule has 0 aromatic rings. The third-order valence-corrected chi connectivity index (χ3v) is 3.23. The average Bonchev–Trinajstić information content (AvgIpc) is 1.92. The number of hydrogen-bond acceptors (Lipinski definition) is 2. The van der Waals surface area contributed by atoms with Crippen LogP contribution in [-0.4, -0.2) is 36.2 Å². The second-order valence-corrected chi connectivity index (χ2v) is 4.40. The van der Waals surface area contributed by atoms with Gasteiger partial charge in [-0.05, 0) is 38.1 Å². The summed E-state index contributed by atoms with van der Waals surface area (Å²) in [4.78, 5) is 2.37. The Morgan fingerprint density at radius 3 is 2.27 bits per heavy atom. The Hall–Kier alpha value is -0.0800. The predicted octanol–water partition coefficient (Wildman–Crippen LogP) is 0.853.